The van der Waals surface area contributed by atoms with Gasteiger partial charge in [0.2, 0.25) is 0 Å². The van der Waals surface area contributed by atoms with E-state index in [0.29, 0.717) is 12.8 Å². The molecule has 0 atom stereocenters. The summed E-state index contributed by atoms with van der Waals surface area (Å²) >= 11 is 5.86. The number of nitrogens with zero attached hydrogens (tertiary/aromatic N) is 1. The first-order valence-corrected chi connectivity index (χ1v) is 6.54. The van der Waals surface area contributed by atoms with Gasteiger partial charge >= 0.3 is 6.18 Å². The van der Waals surface area contributed by atoms with Crippen LogP contribution in [0, 0.1) is 0 Å². The van der Waals surface area contributed by atoms with E-state index in [1.165, 1.54) is 18.2 Å². The second-order valence-electron chi connectivity index (χ2n) is 4.40. The van der Waals surface area contributed by atoms with Crippen molar-refractivity contribution < 1.29 is 18.0 Å². The number of nitrogen functional groups attached to an aromatic ring is 1. The Bertz CT molecular complexity index is 457. The monoisotopic (exact) mass is 308 g/mol. The zero-order valence-corrected chi connectivity index (χ0v) is 11.8. The summed E-state index contributed by atoms with van der Waals surface area (Å²) in [5, 5.41) is 0.0543. The van der Waals surface area contributed by atoms with Crippen LogP contribution in [0.4, 0.5) is 18.9 Å². The number of alkyl halides is 3. The number of benzene rings is 1. The van der Waals surface area contributed by atoms with Crippen LogP contribution < -0.4 is 5.73 Å². The quantitative estimate of drug-likeness (QED) is 0.843. The lowest BCUT2D eigenvalue weighted by Crippen LogP contribution is -2.40. The highest BCUT2D eigenvalue weighted by Crippen LogP contribution is 2.25. The maximum Gasteiger partial charge on any atom is 0.406 e. The van der Waals surface area contributed by atoms with E-state index in [4.69, 9.17) is 17.3 Å². The molecule has 0 bridgehead atoms. The van der Waals surface area contributed by atoms with Crippen LogP contribution in [0.25, 0.3) is 0 Å². The van der Waals surface area contributed by atoms with Crippen LogP contribution in [0.15, 0.2) is 18.2 Å². The van der Waals surface area contributed by atoms with Crippen molar-refractivity contribution in [2.45, 2.75) is 25.9 Å². The summed E-state index contributed by atoms with van der Waals surface area (Å²) in [5.41, 5.74) is 5.64. The van der Waals surface area contributed by atoms with Crippen molar-refractivity contribution in [2.24, 2.45) is 0 Å². The second kappa shape index (κ2) is 6.83. The molecule has 0 heterocycles. The third-order valence-electron chi connectivity index (χ3n) is 2.70. The summed E-state index contributed by atoms with van der Waals surface area (Å²) in [4.78, 5) is 13.0. The molecule has 0 aromatic heterocycles. The molecule has 0 aliphatic heterocycles. The average Bonchev–Trinajstić information content (AvgIpc) is 2.32. The number of carbonyl (C=O) groups is 1. The van der Waals surface area contributed by atoms with Crippen LogP contribution in [0.1, 0.15) is 30.1 Å². The van der Waals surface area contributed by atoms with E-state index >= 15 is 0 Å². The lowest BCUT2D eigenvalue weighted by Gasteiger charge is -2.24. The van der Waals surface area contributed by atoms with Gasteiger partial charge in [-0.25, -0.2) is 0 Å². The zero-order valence-electron chi connectivity index (χ0n) is 11.0. The Morgan fingerprint density at radius 1 is 1.40 bits per heavy atom. The molecule has 3 nitrogen and oxygen atoms in total. The number of rotatable bonds is 5. The van der Waals surface area contributed by atoms with Gasteiger partial charge in [0.25, 0.3) is 5.91 Å². The lowest BCUT2D eigenvalue weighted by atomic mass is 10.1. The van der Waals surface area contributed by atoms with Crippen molar-refractivity contribution in [2.75, 3.05) is 18.8 Å². The molecular weight excluding hydrogens is 293 g/mol. The molecule has 0 saturated carbocycles. The molecule has 112 valence electrons. The van der Waals surface area contributed by atoms with Crippen LogP contribution in [-0.4, -0.2) is 30.1 Å². The van der Waals surface area contributed by atoms with E-state index in [9.17, 15) is 18.0 Å². The Labute approximate surface area is 120 Å². The first-order chi connectivity index (χ1) is 9.26. The molecule has 20 heavy (non-hydrogen) atoms. The second-order valence-corrected chi connectivity index (χ2v) is 4.81. The maximum absolute atomic E-state index is 12.6. The number of nitrogens with two attached hydrogens (primary N) is 1. The highest BCUT2D eigenvalue weighted by molar-refractivity contribution is 6.34. The lowest BCUT2D eigenvalue weighted by molar-refractivity contribution is -0.140. The average molecular weight is 309 g/mol. The highest BCUT2D eigenvalue weighted by Gasteiger charge is 2.34. The molecule has 1 rings (SSSR count). The molecule has 0 spiro atoms. The summed E-state index contributed by atoms with van der Waals surface area (Å²) < 4.78 is 37.7. The number of unbranched alkanes of at least 4 members (excludes halogenated alkanes) is 1. The summed E-state index contributed by atoms with van der Waals surface area (Å²) in [6.45, 7) is 0.538. The predicted molar refractivity (Wildman–Crippen MR) is 72.7 cm³/mol. The Morgan fingerprint density at radius 3 is 2.55 bits per heavy atom. The number of anilines is 1. The van der Waals surface area contributed by atoms with E-state index in [1.807, 2.05) is 6.92 Å². The number of amides is 1. The van der Waals surface area contributed by atoms with Crippen molar-refractivity contribution in [1.29, 1.82) is 0 Å². The molecule has 0 radical (unpaired) electrons. The van der Waals surface area contributed by atoms with Gasteiger partial charge in [-0.05, 0) is 18.6 Å². The molecule has 1 amide bonds. The molecular formula is C13H16ClF3N2O. The third kappa shape index (κ3) is 4.59. The standard InChI is InChI=1S/C13H16ClF3N2O/c1-2-3-7-19(8-13(15,16)17)12(20)11-9(14)5-4-6-10(11)18/h4-6H,2-3,7-8,18H2,1H3. The van der Waals surface area contributed by atoms with Crippen molar-refractivity contribution in [3.63, 3.8) is 0 Å². The Morgan fingerprint density at radius 2 is 2.05 bits per heavy atom. The first kappa shape index (κ1) is 16.6. The Kier molecular flexibility index (Phi) is 5.68. The van der Waals surface area contributed by atoms with E-state index < -0.39 is 18.6 Å². The summed E-state index contributed by atoms with van der Waals surface area (Å²) in [5.74, 6) is -0.793. The largest absolute Gasteiger partial charge is 0.406 e. The fraction of sp³-hybridized carbons (Fsp3) is 0.462. The van der Waals surface area contributed by atoms with Gasteiger partial charge in [0.15, 0.2) is 0 Å². The van der Waals surface area contributed by atoms with Gasteiger partial charge in [0.1, 0.15) is 6.54 Å². The van der Waals surface area contributed by atoms with Crippen molar-refractivity contribution >= 4 is 23.2 Å². The van der Waals surface area contributed by atoms with E-state index in [-0.39, 0.29) is 22.8 Å². The molecule has 0 unspecified atom stereocenters. The van der Waals surface area contributed by atoms with Crippen LogP contribution in [-0.2, 0) is 0 Å². The molecule has 1 aromatic carbocycles. The van der Waals surface area contributed by atoms with Crippen LogP contribution >= 0.6 is 11.6 Å². The van der Waals surface area contributed by atoms with Gasteiger partial charge < -0.3 is 10.6 Å². The first-order valence-electron chi connectivity index (χ1n) is 6.16. The fourth-order valence-corrected chi connectivity index (χ4v) is 2.01. The number of hydrogen-bond donors (Lipinski definition) is 1. The number of halogens is 4. The van der Waals surface area contributed by atoms with Crippen molar-refractivity contribution in [3.8, 4) is 0 Å². The fourth-order valence-electron chi connectivity index (χ4n) is 1.74. The topological polar surface area (TPSA) is 46.3 Å². The van der Waals surface area contributed by atoms with Gasteiger partial charge in [-0.15, -0.1) is 0 Å². The summed E-state index contributed by atoms with van der Waals surface area (Å²) in [6.07, 6.45) is -3.30. The molecule has 0 saturated heterocycles. The Hall–Kier alpha value is -1.43. The predicted octanol–water partition coefficient (Wildman–Crippen LogP) is 3.73. The molecule has 0 aliphatic carbocycles. The normalized spacial score (nSPS) is 11.4. The van der Waals surface area contributed by atoms with Crippen molar-refractivity contribution in [1.82, 2.24) is 4.90 Å². The van der Waals surface area contributed by atoms with Crippen molar-refractivity contribution in [3.05, 3.63) is 28.8 Å². The summed E-state index contributed by atoms with van der Waals surface area (Å²) in [6, 6.07) is 4.40. The van der Waals surface area contributed by atoms with Gasteiger partial charge in [0, 0.05) is 12.2 Å². The summed E-state index contributed by atoms with van der Waals surface area (Å²) in [7, 11) is 0. The van der Waals surface area contributed by atoms with Gasteiger partial charge in [-0.1, -0.05) is 31.0 Å². The smallest absolute Gasteiger partial charge is 0.398 e. The SMILES string of the molecule is CCCCN(CC(F)(F)F)C(=O)c1c(N)cccc1Cl. The molecule has 0 aliphatic rings. The minimum Gasteiger partial charge on any atom is -0.398 e. The molecule has 7 heteroatoms. The highest BCUT2D eigenvalue weighted by atomic mass is 35.5. The zero-order chi connectivity index (χ0) is 15.3. The van der Waals surface area contributed by atoms with E-state index in [2.05, 4.69) is 0 Å². The van der Waals surface area contributed by atoms with E-state index in [0.717, 1.165) is 4.90 Å². The molecule has 0 fully saturated rings. The number of hydrogen-bond acceptors (Lipinski definition) is 2. The minimum absolute atomic E-state index is 0.0134. The Balaban J connectivity index is 3.03. The molecule has 1 aromatic rings. The third-order valence-corrected chi connectivity index (χ3v) is 3.01. The minimum atomic E-state index is -4.46. The van der Waals surface area contributed by atoms with Gasteiger partial charge in [0.05, 0.1) is 10.6 Å². The van der Waals surface area contributed by atoms with Gasteiger partial charge in [-0.3, -0.25) is 4.79 Å². The van der Waals surface area contributed by atoms with Gasteiger partial charge in [-0.2, -0.15) is 13.2 Å². The van der Waals surface area contributed by atoms with Crippen LogP contribution in [0.2, 0.25) is 5.02 Å². The van der Waals surface area contributed by atoms with Crippen LogP contribution in [0.3, 0.4) is 0 Å². The van der Waals surface area contributed by atoms with E-state index in [1.54, 1.807) is 0 Å². The molecule has 2 N–H and O–H groups in total. The van der Waals surface area contributed by atoms with Crippen LogP contribution in [0.5, 0.6) is 0 Å². The number of carbonyl (C=O) groups excluding carboxylic acids is 1. The maximum atomic E-state index is 12.6.